The minimum Gasteiger partial charge on any atom is -0.494 e. The smallest absolute Gasteiger partial charge is 0.321 e. The van der Waals surface area contributed by atoms with E-state index in [0.717, 1.165) is 60.1 Å². The Morgan fingerprint density at radius 3 is 1.93 bits per heavy atom. The Labute approximate surface area is 247 Å². The topological polar surface area (TPSA) is 66.4 Å². The first kappa shape index (κ1) is 28.9. The molecule has 4 aromatic carbocycles. The highest BCUT2D eigenvalue weighted by molar-refractivity contribution is 5.94. The Kier molecular flexibility index (Phi) is 9.89. The molecule has 216 valence electrons. The lowest BCUT2D eigenvalue weighted by atomic mass is 9.69. The quantitative estimate of drug-likeness (QED) is 0.0608. The standard InChI is InChI=1S/C36H37NO5/c1-2-39-32-22-18-31(19-23-32)36(24-10-5-11-25-36)35(38)42-33-20-16-30(17-21-33)34(40-26-28-12-6-3-7-13-28)37-41-27-29-14-8-4-9-15-29/h3-4,6-9,12-23H,2,5,10-11,24-27H2,1H3/b37-34-. The fraction of sp³-hybridized carbons (Fsp3) is 0.278. The maximum Gasteiger partial charge on any atom is 0.321 e. The lowest BCUT2D eigenvalue weighted by molar-refractivity contribution is -0.142. The van der Waals surface area contributed by atoms with Gasteiger partial charge in [-0.05, 0) is 78.0 Å². The molecule has 1 saturated carbocycles. The van der Waals surface area contributed by atoms with E-state index in [2.05, 4.69) is 5.16 Å². The number of carbonyl (C=O) groups excluding carboxylic acids is 1. The zero-order valence-corrected chi connectivity index (χ0v) is 24.0. The van der Waals surface area contributed by atoms with Crippen LogP contribution in [0.15, 0.2) is 114 Å². The molecule has 0 spiro atoms. The molecule has 0 aliphatic heterocycles. The molecule has 0 N–H and O–H groups in total. The van der Waals surface area contributed by atoms with Crippen molar-refractivity contribution in [2.75, 3.05) is 6.61 Å². The van der Waals surface area contributed by atoms with Gasteiger partial charge in [-0.25, -0.2) is 0 Å². The predicted octanol–water partition coefficient (Wildman–Crippen LogP) is 7.99. The average molecular weight is 564 g/mol. The minimum absolute atomic E-state index is 0.223. The molecular formula is C36H37NO5. The van der Waals surface area contributed by atoms with E-state index in [-0.39, 0.29) is 5.97 Å². The zero-order valence-electron chi connectivity index (χ0n) is 24.0. The fourth-order valence-corrected chi connectivity index (χ4v) is 5.30. The number of benzene rings is 4. The molecule has 1 aliphatic carbocycles. The normalized spacial score (nSPS) is 14.5. The summed E-state index contributed by atoms with van der Waals surface area (Å²) in [5.74, 6) is 1.41. The van der Waals surface area contributed by atoms with Crippen LogP contribution in [0, 0.1) is 0 Å². The van der Waals surface area contributed by atoms with Crippen LogP contribution in [0.2, 0.25) is 0 Å². The van der Waals surface area contributed by atoms with Gasteiger partial charge in [0.2, 0.25) is 0 Å². The maximum absolute atomic E-state index is 13.7. The van der Waals surface area contributed by atoms with Gasteiger partial charge >= 0.3 is 5.97 Å². The van der Waals surface area contributed by atoms with E-state index in [0.29, 0.717) is 31.5 Å². The molecule has 0 atom stereocenters. The molecule has 0 radical (unpaired) electrons. The molecule has 0 unspecified atom stereocenters. The van der Waals surface area contributed by atoms with E-state index in [1.807, 2.05) is 104 Å². The van der Waals surface area contributed by atoms with Crippen LogP contribution >= 0.6 is 0 Å². The number of esters is 1. The van der Waals surface area contributed by atoms with E-state index >= 15 is 0 Å². The van der Waals surface area contributed by atoms with Gasteiger partial charge in [-0.3, -0.25) is 4.79 Å². The lowest BCUT2D eigenvalue weighted by Gasteiger charge is -2.35. The number of oxime groups is 1. The van der Waals surface area contributed by atoms with Crippen molar-refractivity contribution in [3.8, 4) is 11.5 Å². The van der Waals surface area contributed by atoms with Gasteiger partial charge in [0.05, 0.1) is 12.0 Å². The zero-order chi connectivity index (χ0) is 29.0. The van der Waals surface area contributed by atoms with Crippen molar-refractivity contribution < 1.29 is 23.8 Å². The summed E-state index contributed by atoms with van der Waals surface area (Å²) < 4.78 is 17.7. The predicted molar refractivity (Wildman–Crippen MR) is 163 cm³/mol. The maximum atomic E-state index is 13.7. The summed E-state index contributed by atoms with van der Waals surface area (Å²) >= 11 is 0. The highest BCUT2D eigenvalue weighted by Gasteiger charge is 2.43. The van der Waals surface area contributed by atoms with Gasteiger partial charge in [-0.15, -0.1) is 0 Å². The van der Waals surface area contributed by atoms with Crippen molar-refractivity contribution in [2.24, 2.45) is 5.16 Å². The Hall–Kier alpha value is -4.58. The molecular weight excluding hydrogens is 526 g/mol. The fourth-order valence-electron chi connectivity index (χ4n) is 5.30. The Morgan fingerprint density at radius 1 is 0.714 bits per heavy atom. The second-order valence-electron chi connectivity index (χ2n) is 10.4. The van der Waals surface area contributed by atoms with Crippen molar-refractivity contribution in [3.63, 3.8) is 0 Å². The summed E-state index contributed by atoms with van der Waals surface area (Å²) in [6.45, 7) is 3.23. The molecule has 5 rings (SSSR count). The molecule has 0 bridgehead atoms. The molecule has 0 amide bonds. The van der Waals surface area contributed by atoms with E-state index in [1.54, 1.807) is 12.1 Å². The van der Waals surface area contributed by atoms with Crippen LogP contribution in [0.4, 0.5) is 0 Å². The molecule has 6 nitrogen and oxygen atoms in total. The van der Waals surface area contributed by atoms with Crippen LogP contribution in [0.3, 0.4) is 0 Å². The van der Waals surface area contributed by atoms with Crippen molar-refractivity contribution in [1.29, 1.82) is 0 Å². The minimum atomic E-state index is -0.668. The van der Waals surface area contributed by atoms with Crippen molar-refractivity contribution in [1.82, 2.24) is 0 Å². The van der Waals surface area contributed by atoms with Gasteiger partial charge in [0.25, 0.3) is 5.90 Å². The lowest BCUT2D eigenvalue weighted by Crippen LogP contribution is -2.41. The van der Waals surface area contributed by atoms with E-state index in [1.165, 1.54) is 0 Å². The number of hydrogen-bond donors (Lipinski definition) is 0. The van der Waals surface area contributed by atoms with E-state index in [4.69, 9.17) is 19.0 Å². The van der Waals surface area contributed by atoms with Crippen molar-refractivity contribution >= 4 is 11.9 Å². The van der Waals surface area contributed by atoms with Crippen molar-refractivity contribution in [3.05, 3.63) is 131 Å². The second kappa shape index (κ2) is 14.4. The number of ether oxygens (including phenoxy) is 3. The molecule has 0 heterocycles. The third kappa shape index (κ3) is 7.38. The molecule has 1 aliphatic rings. The SMILES string of the molecule is CCOc1ccc(C2(C(=O)Oc3ccc(/C(=N/OCc4ccccc4)OCc4ccccc4)cc3)CCCCC2)cc1. The summed E-state index contributed by atoms with van der Waals surface area (Å²) in [5, 5.41) is 4.32. The number of rotatable bonds is 11. The molecule has 0 saturated heterocycles. The summed E-state index contributed by atoms with van der Waals surface area (Å²) in [6.07, 6.45) is 4.63. The van der Waals surface area contributed by atoms with Crippen LogP contribution < -0.4 is 9.47 Å². The van der Waals surface area contributed by atoms with Crippen LogP contribution in [0.25, 0.3) is 0 Å². The summed E-state index contributed by atoms with van der Waals surface area (Å²) in [7, 11) is 0. The van der Waals surface area contributed by atoms with Gasteiger partial charge in [0.15, 0.2) is 0 Å². The Bertz CT molecular complexity index is 1430. The van der Waals surface area contributed by atoms with Crippen LogP contribution in [-0.2, 0) is 33.0 Å². The summed E-state index contributed by atoms with van der Waals surface area (Å²) in [4.78, 5) is 19.4. The molecule has 0 aromatic heterocycles. The first-order valence-electron chi connectivity index (χ1n) is 14.6. The highest BCUT2D eigenvalue weighted by atomic mass is 16.6. The van der Waals surface area contributed by atoms with Crippen LogP contribution in [0.5, 0.6) is 11.5 Å². The third-order valence-electron chi connectivity index (χ3n) is 7.57. The summed E-state index contributed by atoms with van der Waals surface area (Å²) in [5.41, 5.74) is 3.06. The van der Waals surface area contributed by atoms with E-state index < -0.39 is 5.41 Å². The third-order valence-corrected chi connectivity index (χ3v) is 7.57. The van der Waals surface area contributed by atoms with Gasteiger partial charge in [-0.1, -0.05) is 92.1 Å². The van der Waals surface area contributed by atoms with Gasteiger partial charge < -0.3 is 19.0 Å². The number of hydrogen-bond acceptors (Lipinski definition) is 6. The average Bonchev–Trinajstić information content (AvgIpc) is 3.05. The summed E-state index contributed by atoms with van der Waals surface area (Å²) in [6, 6.07) is 34.9. The molecule has 42 heavy (non-hydrogen) atoms. The van der Waals surface area contributed by atoms with E-state index in [9.17, 15) is 4.79 Å². The van der Waals surface area contributed by atoms with Crippen LogP contribution in [-0.4, -0.2) is 18.5 Å². The number of nitrogens with zero attached hydrogens (tertiary/aromatic N) is 1. The Morgan fingerprint density at radius 2 is 1.31 bits per heavy atom. The molecule has 1 fully saturated rings. The highest BCUT2D eigenvalue weighted by Crippen LogP contribution is 2.41. The van der Waals surface area contributed by atoms with Crippen LogP contribution in [0.1, 0.15) is 61.3 Å². The van der Waals surface area contributed by atoms with Gasteiger partial charge in [-0.2, -0.15) is 0 Å². The monoisotopic (exact) mass is 563 g/mol. The second-order valence-corrected chi connectivity index (χ2v) is 10.4. The van der Waals surface area contributed by atoms with Crippen molar-refractivity contribution in [2.45, 2.75) is 57.7 Å². The first-order valence-corrected chi connectivity index (χ1v) is 14.6. The largest absolute Gasteiger partial charge is 0.494 e. The number of carbonyl (C=O) groups is 1. The molecule has 4 aromatic rings. The molecule has 6 heteroatoms. The Balaban J connectivity index is 1.31. The first-order chi connectivity index (χ1) is 20.7. The van der Waals surface area contributed by atoms with Gasteiger partial charge in [0.1, 0.15) is 24.7 Å². The van der Waals surface area contributed by atoms with Gasteiger partial charge in [0, 0.05) is 5.56 Å².